The number of amides is 2. The molecule has 0 fully saturated rings. The summed E-state index contributed by atoms with van der Waals surface area (Å²) < 4.78 is 5.07. The highest BCUT2D eigenvalue weighted by Crippen LogP contribution is 2.25. The minimum Gasteiger partial charge on any atom is -0.507 e. The van der Waals surface area contributed by atoms with Gasteiger partial charge in [0.05, 0.1) is 13.3 Å². The smallest absolute Gasteiger partial charge is 0.252 e. The van der Waals surface area contributed by atoms with E-state index in [1.54, 1.807) is 43.5 Å². The van der Waals surface area contributed by atoms with E-state index in [0.29, 0.717) is 17.0 Å². The van der Waals surface area contributed by atoms with Crippen molar-refractivity contribution in [2.75, 3.05) is 12.4 Å². The van der Waals surface area contributed by atoms with Crippen LogP contribution in [0.2, 0.25) is 0 Å². The fraction of sp³-hybridized carbons (Fsp3) is 0.136. The Morgan fingerprint density at radius 2 is 1.76 bits per heavy atom. The van der Waals surface area contributed by atoms with Crippen LogP contribution in [-0.2, 0) is 9.59 Å². The lowest BCUT2D eigenvalue weighted by atomic mass is 10.0. The molecule has 0 aliphatic heterocycles. The number of nitrogens with zero attached hydrogens (tertiary/aromatic N) is 1. The molecular formula is C22H21N3O4. The number of rotatable bonds is 6. The van der Waals surface area contributed by atoms with Gasteiger partial charge >= 0.3 is 0 Å². The van der Waals surface area contributed by atoms with E-state index in [1.165, 1.54) is 13.1 Å². The van der Waals surface area contributed by atoms with Gasteiger partial charge in [0, 0.05) is 11.3 Å². The lowest BCUT2D eigenvalue weighted by Gasteiger charge is -2.11. The van der Waals surface area contributed by atoms with Crippen LogP contribution in [0.1, 0.15) is 12.5 Å². The molecule has 1 unspecified atom stereocenters. The van der Waals surface area contributed by atoms with Gasteiger partial charge in [0.15, 0.2) is 0 Å². The van der Waals surface area contributed by atoms with Crippen molar-refractivity contribution in [2.24, 2.45) is 11.0 Å². The molecule has 3 aromatic rings. The molecule has 0 aromatic heterocycles. The summed E-state index contributed by atoms with van der Waals surface area (Å²) in [6.45, 7) is 1.49. The van der Waals surface area contributed by atoms with Crippen LogP contribution in [0.25, 0.3) is 10.8 Å². The Hall–Kier alpha value is -3.87. The van der Waals surface area contributed by atoms with Gasteiger partial charge < -0.3 is 15.2 Å². The van der Waals surface area contributed by atoms with Crippen LogP contribution < -0.4 is 15.5 Å². The lowest BCUT2D eigenvalue weighted by Crippen LogP contribution is -2.34. The Labute approximate surface area is 168 Å². The fourth-order valence-corrected chi connectivity index (χ4v) is 2.72. The maximum Gasteiger partial charge on any atom is 0.252 e. The van der Waals surface area contributed by atoms with Crippen LogP contribution in [0, 0.1) is 5.92 Å². The lowest BCUT2D eigenvalue weighted by molar-refractivity contribution is -0.131. The van der Waals surface area contributed by atoms with Gasteiger partial charge in [-0.05, 0) is 48.0 Å². The van der Waals surface area contributed by atoms with Gasteiger partial charge in [-0.2, -0.15) is 5.10 Å². The number of hydrazone groups is 1. The van der Waals surface area contributed by atoms with Crippen molar-refractivity contribution in [3.05, 3.63) is 66.2 Å². The molecule has 0 spiro atoms. The molecule has 7 heteroatoms. The normalized spacial score (nSPS) is 11.9. The Morgan fingerprint density at radius 3 is 2.48 bits per heavy atom. The molecule has 0 radical (unpaired) electrons. The molecule has 7 nitrogen and oxygen atoms in total. The standard InChI is InChI=1S/C22H21N3O4/c1-14(21(27)24-16-8-10-17(29-2)11-9-16)22(28)25-23-13-19-18-6-4-3-5-15(18)7-12-20(19)26/h3-14,26H,1-2H3,(H,24,27)(H,25,28)/b23-13+. The zero-order valence-corrected chi connectivity index (χ0v) is 16.0. The monoisotopic (exact) mass is 391 g/mol. The Kier molecular flexibility index (Phi) is 6.09. The van der Waals surface area contributed by atoms with Crippen LogP contribution in [0.3, 0.4) is 0 Å². The van der Waals surface area contributed by atoms with Crippen molar-refractivity contribution >= 4 is 34.5 Å². The predicted octanol–water partition coefficient (Wildman–Crippen LogP) is 3.28. The maximum absolute atomic E-state index is 12.3. The number of benzene rings is 3. The van der Waals surface area contributed by atoms with Gasteiger partial charge in [0.25, 0.3) is 5.91 Å². The molecule has 2 amide bonds. The second-order valence-electron chi connectivity index (χ2n) is 6.39. The maximum atomic E-state index is 12.3. The number of aromatic hydroxyl groups is 1. The van der Waals surface area contributed by atoms with Crippen LogP contribution in [0.5, 0.6) is 11.5 Å². The van der Waals surface area contributed by atoms with Crippen molar-refractivity contribution in [3.63, 3.8) is 0 Å². The van der Waals surface area contributed by atoms with Gasteiger partial charge in [-0.15, -0.1) is 0 Å². The third-order valence-electron chi connectivity index (χ3n) is 4.46. The molecule has 0 aliphatic carbocycles. The van der Waals surface area contributed by atoms with Crippen LogP contribution >= 0.6 is 0 Å². The average molecular weight is 391 g/mol. The third-order valence-corrected chi connectivity index (χ3v) is 4.46. The first-order valence-electron chi connectivity index (χ1n) is 8.98. The number of carbonyl (C=O) groups is 2. The molecular weight excluding hydrogens is 370 g/mol. The zero-order valence-electron chi connectivity index (χ0n) is 16.0. The molecule has 148 valence electrons. The highest BCUT2D eigenvalue weighted by Gasteiger charge is 2.21. The molecule has 0 heterocycles. The van der Waals surface area contributed by atoms with E-state index in [4.69, 9.17) is 4.74 Å². The highest BCUT2D eigenvalue weighted by molar-refractivity contribution is 6.07. The van der Waals surface area contributed by atoms with E-state index in [9.17, 15) is 14.7 Å². The summed E-state index contributed by atoms with van der Waals surface area (Å²) in [6, 6.07) is 17.7. The second kappa shape index (κ2) is 8.88. The summed E-state index contributed by atoms with van der Waals surface area (Å²) >= 11 is 0. The summed E-state index contributed by atoms with van der Waals surface area (Å²) in [5.74, 6) is -1.27. The van der Waals surface area contributed by atoms with Gasteiger partial charge in [0.2, 0.25) is 5.91 Å². The van der Waals surface area contributed by atoms with E-state index in [-0.39, 0.29) is 5.75 Å². The van der Waals surface area contributed by atoms with Crippen LogP contribution in [0.15, 0.2) is 65.8 Å². The number of anilines is 1. The zero-order chi connectivity index (χ0) is 20.8. The number of fused-ring (bicyclic) bond motifs is 1. The molecule has 1 atom stereocenters. The number of phenols is 1. The fourth-order valence-electron chi connectivity index (χ4n) is 2.72. The first-order chi connectivity index (χ1) is 14.0. The van der Waals surface area contributed by atoms with Crippen molar-refractivity contribution in [2.45, 2.75) is 6.92 Å². The SMILES string of the molecule is COc1ccc(NC(=O)C(C)C(=O)N/N=C/c2c(O)ccc3ccccc23)cc1. The Morgan fingerprint density at radius 1 is 1.03 bits per heavy atom. The molecule has 0 saturated heterocycles. The quantitative estimate of drug-likeness (QED) is 0.341. The Bertz CT molecular complexity index is 1060. The largest absolute Gasteiger partial charge is 0.507 e. The second-order valence-corrected chi connectivity index (χ2v) is 6.39. The van der Waals surface area contributed by atoms with E-state index >= 15 is 0 Å². The first-order valence-corrected chi connectivity index (χ1v) is 8.98. The number of hydrogen-bond donors (Lipinski definition) is 3. The van der Waals surface area contributed by atoms with Gasteiger partial charge in [-0.3, -0.25) is 9.59 Å². The molecule has 3 N–H and O–H groups in total. The molecule has 3 aromatic carbocycles. The first kappa shape index (κ1) is 19.9. The van der Waals surface area contributed by atoms with Crippen LogP contribution in [0.4, 0.5) is 5.69 Å². The minimum atomic E-state index is -0.963. The van der Waals surface area contributed by atoms with Crippen molar-refractivity contribution in [1.29, 1.82) is 0 Å². The number of nitrogens with one attached hydrogen (secondary N) is 2. The van der Waals surface area contributed by atoms with Gasteiger partial charge in [-0.1, -0.05) is 30.3 Å². The van der Waals surface area contributed by atoms with E-state index in [2.05, 4.69) is 15.8 Å². The number of hydrogen-bond acceptors (Lipinski definition) is 5. The van der Waals surface area contributed by atoms with Crippen LogP contribution in [-0.4, -0.2) is 30.2 Å². The summed E-state index contributed by atoms with van der Waals surface area (Å²) in [7, 11) is 1.55. The highest BCUT2D eigenvalue weighted by atomic mass is 16.5. The van der Waals surface area contributed by atoms with Crippen molar-refractivity contribution in [1.82, 2.24) is 5.43 Å². The van der Waals surface area contributed by atoms with Crippen molar-refractivity contribution in [3.8, 4) is 11.5 Å². The number of carbonyl (C=O) groups excluding carboxylic acids is 2. The molecule has 0 aliphatic rings. The summed E-state index contributed by atoms with van der Waals surface area (Å²) in [5, 5.41) is 18.4. The van der Waals surface area contributed by atoms with E-state index in [1.807, 2.05) is 24.3 Å². The summed E-state index contributed by atoms with van der Waals surface area (Å²) in [4.78, 5) is 24.5. The summed E-state index contributed by atoms with van der Waals surface area (Å²) in [6.07, 6.45) is 1.36. The summed E-state index contributed by atoms with van der Waals surface area (Å²) in [5.41, 5.74) is 3.39. The molecule has 0 bridgehead atoms. The molecule has 29 heavy (non-hydrogen) atoms. The Balaban J connectivity index is 1.64. The number of phenolic OH excluding ortho intramolecular Hbond substituents is 1. The van der Waals surface area contributed by atoms with Gasteiger partial charge in [-0.25, -0.2) is 5.43 Å². The topological polar surface area (TPSA) is 100 Å². The predicted molar refractivity (Wildman–Crippen MR) is 112 cm³/mol. The van der Waals surface area contributed by atoms with Gasteiger partial charge in [0.1, 0.15) is 17.4 Å². The molecule has 0 saturated carbocycles. The number of ether oxygens (including phenoxy) is 1. The minimum absolute atomic E-state index is 0.0481. The van der Waals surface area contributed by atoms with Crippen molar-refractivity contribution < 1.29 is 19.4 Å². The number of methoxy groups -OCH3 is 1. The third kappa shape index (κ3) is 4.70. The van der Waals surface area contributed by atoms with E-state index in [0.717, 1.165) is 10.8 Å². The molecule has 3 rings (SSSR count). The van der Waals surface area contributed by atoms with E-state index < -0.39 is 17.7 Å². The average Bonchev–Trinajstić information content (AvgIpc) is 2.75.